The average molecular weight is 498 g/mol. The number of imidazole rings is 1. The van der Waals surface area contributed by atoms with Gasteiger partial charge in [0.15, 0.2) is 0 Å². The first-order valence-electron chi connectivity index (χ1n) is 9.56. The van der Waals surface area contributed by atoms with E-state index >= 15 is 0 Å². The number of halogens is 3. The summed E-state index contributed by atoms with van der Waals surface area (Å²) in [6.07, 6.45) is 2.00. The second-order valence-electron chi connectivity index (χ2n) is 7.32. The zero-order valence-corrected chi connectivity index (χ0v) is 19.2. The maximum absolute atomic E-state index is 6.55. The Balaban J connectivity index is 0.00000218. The standard InChI is InChI=1S/C25H19Cl2N2.BrH/c26-24-25(27)29(16-19-10-12-21-6-2-4-8-23(21)14-19)17-28(24)15-18-9-11-20-5-1-3-7-22(20)13-18;/h1-14,17H,15-16H2;1H/q+1;/p-1. The third kappa shape index (κ3) is 4.11. The quantitative estimate of drug-likeness (QED) is 0.336. The molecule has 0 radical (unpaired) electrons. The number of hydrogen-bond donors (Lipinski definition) is 0. The summed E-state index contributed by atoms with van der Waals surface area (Å²) in [6, 6.07) is 29.7. The van der Waals surface area contributed by atoms with Crippen molar-refractivity contribution in [3.05, 3.63) is 113 Å². The van der Waals surface area contributed by atoms with Gasteiger partial charge in [-0.1, -0.05) is 72.8 Å². The Bertz CT molecular complexity index is 1240. The molecule has 0 fully saturated rings. The van der Waals surface area contributed by atoms with E-state index in [2.05, 4.69) is 84.9 Å². The van der Waals surface area contributed by atoms with Crippen LogP contribution in [0.25, 0.3) is 21.5 Å². The molecule has 0 aliphatic carbocycles. The molecule has 5 rings (SSSR count). The van der Waals surface area contributed by atoms with E-state index in [0.29, 0.717) is 23.4 Å². The van der Waals surface area contributed by atoms with Crippen LogP contribution < -0.4 is 21.5 Å². The van der Waals surface area contributed by atoms with Gasteiger partial charge in [-0.05, 0) is 68.0 Å². The fourth-order valence-corrected chi connectivity index (χ4v) is 4.22. The van der Waals surface area contributed by atoms with Crippen LogP contribution in [0.3, 0.4) is 0 Å². The SMILES string of the molecule is Clc1c(Cl)[n+](Cc2ccc3ccccc3c2)cn1Cc1ccc2ccccc2c1.[Br-]. The first-order chi connectivity index (χ1) is 14.2. The van der Waals surface area contributed by atoms with Gasteiger partial charge in [-0.2, -0.15) is 0 Å². The van der Waals surface area contributed by atoms with E-state index in [4.69, 9.17) is 23.2 Å². The van der Waals surface area contributed by atoms with Gasteiger partial charge >= 0.3 is 0 Å². The van der Waals surface area contributed by atoms with Crippen molar-refractivity contribution < 1.29 is 21.5 Å². The maximum Gasteiger partial charge on any atom is 0.255 e. The summed E-state index contributed by atoms with van der Waals surface area (Å²) < 4.78 is 3.99. The Hall–Kier alpha value is -2.33. The lowest BCUT2D eigenvalue weighted by molar-refractivity contribution is -0.685. The summed E-state index contributed by atoms with van der Waals surface area (Å²) in [5, 5.41) is 6.03. The molecule has 0 spiro atoms. The molecule has 30 heavy (non-hydrogen) atoms. The molecule has 0 saturated carbocycles. The Kier molecular flexibility index (Phi) is 6.14. The molecule has 0 unspecified atom stereocenters. The van der Waals surface area contributed by atoms with Crippen LogP contribution in [0, 0.1) is 0 Å². The minimum Gasteiger partial charge on any atom is -1.00 e. The number of nitrogens with zero attached hydrogens (tertiary/aromatic N) is 2. The summed E-state index contributed by atoms with van der Waals surface area (Å²) in [6.45, 7) is 1.35. The number of rotatable bonds is 4. The molecule has 1 heterocycles. The molecular weight excluding hydrogens is 479 g/mol. The van der Waals surface area contributed by atoms with Crippen LogP contribution in [0.4, 0.5) is 0 Å². The van der Waals surface area contributed by atoms with Crippen LogP contribution in [0.15, 0.2) is 91.3 Å². The zero-order chi connectivity index (χ0) is 19.8. The molecule has 0 N–H and O–H groups in total. The molecule has 0 atom stereocenters. The molecular formula is C25H19BrCl2N2. The van der Waals surface area contributed by atoms with E-state index in [1.807, 2.05) is 15.5 Å². The summed E-state index contributed by atoms with van der Waals surface area (Å²) in [5.74, 6) is 0. The normalized spacial score (nSPS) is 11.0. The van der Waals surface area contributed by atoms with Gasteiger partial charge < -0.3 is 17.0 Å². The van der Waals surface area contributed by atoms with Crippen LogP contribution in [-0.4, -0.2) is 4.57 Å². The van der Waals surface area contributed by atoms with Crippen LogP contribution in [0.1, 0.15) is 11.1 Å². The highest BCUT2D eigenvalue weighted by Gasteiger charge is 2.20. The summed E-state index contributed by atoms with van der Waals surface area (Å²) >= 11 is 13.1. The van der Waals surface area contributed by atoms with E-state index in [-0.39, 0.29) is 17.0 Å². The molecule has 1 aromatic heterocycles. The topological polar surface area (TPSA) is 8.81 Å². The van der Waals surface area contributed by atoms with Gasteiger partial charge in [-0.25, -0.2) is 9.13 Å². The van der Waals surface area contributed by atoms with Gasteiger partial charge in [0, 0.05) is 0 Å². The molecule has 5 heteroatoms. The van der Waals surface area contributed by atoms with Crippen LogP contribution in [0.5, 0.6) is 0 Å². The highest BCUT2D eigenvalue weighted by atomic mass is 79.9. The van der Waals surface area contributed by atoms with Crippen LogP contribution >= 0.6 is 23.2 Å². The minimum absolute atomic E-state index is 0. The number of fused-ring (bicyclic) bond motifs is 2. The maximum atomic E-state index is 6.55. The first-order valence-corrected chi connectivity index (χ1v) is 10.3. The highest BCUT2D eigenvalue weighted by molar-refractivity contribution is 6.39. The summed E-state index contributed by atoms with van der Waals surface area (Å²) in [5.41, 5.74) is 2.38. The van der Waals surface area contributed by atoms with Gasteiger partial charge in [-0.3, -0.25) is 0 Å². The van der Waals surface area contributed by atoms with E-state index in [9.17, 15) is 0 Å². The predicted octanol–water partition coefficient (Wildman–Crippen LogP) is 3.49. The fourth-order valence-electron chi connectivity index (χ4n) is 3.79. The molecule has 150 valence electrons. The van der Waals surface area contributed by atoms with E-state index < -0.39 is 0 Å². The van der Waals surface area contributed by atoms with Crippen molar-refractivity contribution in [1.82, 2.24) is 4.57 Å². The van der Waals surface area contributed by atoms with Crippen molar-refractivity contribution in [3.63, 3.8) is 0 Å². The molecule has 4 aromatic carbocycles. The van der Waals surface area contributed by atoms with Gasteiger partial charge in [0.25, 0.3) is 10.3 Å². The zero-order valence-electron chi connectivity index (χ0n) is 16.1. The second-order valence-corrected chi connectivity index (χ2v) is 8.03. The molecule has 0 bridgehead atoms. The molecule has 5 aromatic rings. The number of aromatic nitrogens is 2. The minimum atomic E-state index is 0. The number of benzene rings is 4. The Morgan fingerprint density at radius 2 is 1.20 bits per heavy atom. The smallest absolute Gasteiger partial charge is 0.255 e. The highest BCUT2D eigenvalue weighted by Crippen LogP contribution is 2.23. The Morgan fingerprint density at radius 1 is 0.667 bits per heavy atom. The van der Waals surface area contributed by atoms with Crippen molar-refractivity contribution >= 4 is 44.7 Å². The lowest BCUT2D eigenvalue weighted by Gasteiger charge is -2.03. The monoisotopic (exact) mass is 496 g/mol. The van der Waals surface area contributed by atoms with Crippen molar-refractivity contribution in [2.75, 3.05) is 0 Å². The lowest BCUT2D eigenvalue weighted by atomic mass is 10.1. The van der Waals surface area contributed by atoms with E-state index in [1.54, 1.807) is 0 Å². The lowest BCUT2D eigenvalue weighted by Crippen LogP contribution is -3.00. The van der Waals surface area contributed by atoms with Gasteiger partial charge in [0.1, 0.15) is 13.1 Å². The molecule has 0 amide bonds. The van der Waals surface area contributed by atoms with Crippen LogP contribution in [-0.2, 0) is 13.1 Å². The average Bonchev–Trinajstić information content (AvgIpc) is 3.01. The Labute approximate surface area is 196 Å². The predicted molar refractivity (Wildman–Crippen MR) is 121 cm³/mol. The van der Waals surface area contributed by atoms with Crippen LogP contribution in [0.2, 0.25) is 10.3 Å². The molecule has 0 aliphatic heterocycles. The molecule has 0 aliphatic rings. The third-order valence-corrected chi connectivity index (χ3v) is 6.18. The van der Waals surface area contributed by atoms with Crippen molar-refractivity contribution in [3.8, 4) is 0 Å². The van der Waals surface area contributed by atoms with E-state index in [0.717, 1.165) is 0 Å². The second kappa shape index (κ2) is 8.81. The fraction of sp³-hybridized carbons (Fsp3) is 0.0800. The molecule has 0 saturated heterocycles. The third-order valence-electron chi connectivity index (χ3n) is 5.29. The number of hydrogen-bond acceptors (Lipinski definition) is 0. The van der Waals surface area contributed by atoms with E-state index in [1.165, 1.54) is 32.7 Å². The van der Waals surface area contributed by atoms with Gasteiger partial charge in [0.05, 0.1) is 0 Å². The van der Waals surface area contributed by atoms with Gasteiger partial charge in [-0.15, -0.1) is 0 Å². The largest absolute Gasteiger partial charge is 1.00 e. The first kappa shape index (κ1) is 20.9. The van der Waals surface area contributed by atoms with Crippen molar-refractivity contribution in [2.45, 2.75) is 13.1 Å². The van der Waals surface area contributed by atoms with Gasteiger partial charge in [0.2, 0.25) is 6.33 Å². The molecule has 2 nitrogen and oxygen atoms in total. The summed E-state index contributed by atoms with van der Waals surface area (Å²) in [7, 11) is 0. The Morgan fingerprint density at radius 3 is 1.83 bits per heavy atom. The van der Waals surface area contributed by atoms with Crippen molar-refractivity contribution in [1.29, 1.82) is 0 Å². The summed E-state index contributed by atoms with van der Waals surface area (Å²) in [4.78, 5) is 0. The van der Waals surface area contributed by atoms with Crippen molar-refractivity contribution in [2.24, 2.45) is 0 Å².